The summed E-state index contributed by atoms with van der Waals surface area (Å²) in [5.74, 6) is 0. The molecule has 0 aromatic heterocycles. The Labute approximate surface area is 129 Å². The van der Waals surface area contributed by atoms with Crippen LogP contribution >= 0.6 is 0 Å². The lowest BCUT2D eigenvalue weighted by molar-refractivity contribution is 0.0115. The van der Waals surface area contributed by atoms with E-state index in [1.165, 1.54) is 30.5 Å². The van der Waals surface area contributed by atoms with E-state index < -0.39 is 0 Å². The maximum absolute atomic E-state index is 5.75. The average Bonchev–Trinajstić information content (AvgIpc) is 2.55. The molecule has 1 unspecified atom stereocenters. The van der Waals surface area contributed by atoms with Crippen molar-refractivity contribution < 1.29 is 4.74 Å². The number of rotatable bonds is 8. The minimum atomic E-state index is 0.483. The van der Waals surface area contributed by atoms with E-state index in [0.717, 1.165) is 39.2 Å². The standard InChI is InChI=1S/C18H30N2O/c1-3-20(4-2)17-10-8-16(9-11-17)15-19-13-12-18-7-5-6-14-21-18/h8-11,18-19H,3-7,12-15H2,1-2H3. The Kier molecular flexibility index (Phi) is 7.04. The first-order chi connectivity index (χ1) is 10.3. The van der Waals surface area contributed by atoms with Gasteiger partial charge in [0.1, 0.15) is 0 Å². The summed E-state index contributed by atoms with van der Waals surface area (Å²) in [5.41, 5.74) is 2.68. The van der Waals surface area contributed by atoms with Crippen LogP contribution in [-0.4, -0.2) is 32.3 Å². The minimum absolute atomic E-state index is 0.483. The van der Waals surface area contributed by atoms with Gasteiger partial charge < -0.3 is 15.0 Å². The number of anilines is 1. The first-order valence-electron chi connectivity index (χ1n) is 8.49. The molecule has 1 aliphatic heterocycles. The predicted octanol–water partition coefficient (Wildman–Crippen LogP) is 3.58. The molecule has 3 heteroatoms. The van der Waals surface area contributed by atoms with E-state index in [9.17, 15) is 0 Å². The van der Waals surface area contributed by atoms with Gasteiger partial charge in [-0.1, -0.05) is 12.1 Å². The highest BCUT2D eigenvalue weighted by atomic mass is 16.5. The summed E-state index contributed by atoms with van der Waals surface area (Å²) in [6, 6.07) is 8.93. The molecule has 0 radical (unpaired) electrons. The molecule has 0 aliphatic carbocycles. The molecule has 0 amide bonds. The second kappa shape index (κ2) is 9.06. The van der Waals surface area contributed by atoms with Crippen LogP contribution in [-0.2, 0) is 11.3 Å². The molecule has 1 fully saturated rings. The summed E-state index contributed by atoms with van der Waals surface area (Å²) in [6.07, 6.45) is 5.43. The molecule has 1 saturated heterocycles. The van der Waals surface area contributed by atoms with Gasteiger partial charge in [0.2, 0.25) is 0 Å². The fourth-order valence-corrected chi connectivity index (χ4v) is 2.94. The summed E-state index contributed by atoms with van der Waals surface area (Å²) >= 11 is 0. The molecule has 1 aromatic rings. The van der Waals surface area contributed by atoms with Gasteiger partial charge in [-0.2, -0.15) is 0 Å². The number of nitrogens with one attached hydrogen (secondary N) is 1. The minimum Gasteiger partial charge on any atom is -0.378 e. The summed E-state index contributed by atoms with van der Waals surface area (Å²) in [5, 5.41) is 3.53. The summed E-state index contributed by atoms with van der Waals surface area (Å²) < 4.78 is 5.75. The molecule has 0 spiro atoms. The number of ether oxygens (including phenoxy) is 1. The number of hydrogen-bond donors (Lipinski definition) is 1. The van der Waals surface area contributed by atoms with E-state index in [2.05, 4.69) is 48.3 Å². The van der Waals surface area contributed by atoms with Crippen molar-refractivity contribution in [3.8, 4) is 0 Å². The molecule has 0 saturated carbocycles. The van der Waals surface area contributed by atoms with Gasteiger partial charge in [0.25, 0.3) is 0 Å². The van der Waals surface area contributed by atoms with E-state index in [0.29, 0.717) is 6.10 Å². The predicted molar refractivity (Wildman–Crippen MR) is 89.9 cm³/mol. The lowest BCUT2D eigenvalue weighted by atomic mass is 10.1. The SMILES string of the molecule is CCN(CC)c1ccc(CNCCC2CCCCO2)cc1. The summed E-state index contributed by atoms with van der Waals surface area (Å²) in [6.45, 7) is 9.48. The van der Waals surface area contributed by atoms with Crippen LogP contribution in [0.25, 0.3) is 0 Å². The zero-order chi connectivity index (χ0) is 14.9. The van der Waals surface area contributed by atoms with Crippen molar-refractivity contribution >= 4 is 5.69 Å². The van der Waals surface area contributed by atoms with Gasteiger partial charge in [0.15, 0.2) is 0 Å². The van der Waals surface area contributed by atoms with E-state index in [1.54, 1.807) is 0 Å². The molecular formula is C18H30N2O. The van der Waals surface area contributed by atoms with Gasteiger partial charge in [0.05, 0.1) is 6.10 Å². The third kappa shape index (κ3) is 5.33. The molecule has 1 aliphatic rings. The first-order valence-corrected chi connectivity index (χ1v) is 8.49. The molecule has 118 valence electrons. The van der Waals surface area contributed by atoms with Crippen LogP contribution in [0.3, 0.4) is 0 Å². The molecule has 1 N–H and O–H groups in total. The maximum Gasteiger partial charge on any atom is 0.0587 e. The quantitative estimate of drug-likeness (QED) is 0.741. The zero-order valence-electron chi connectivity index (χ0n) is 13.6. The smallest absolute Gasteiger partial charge is 0.0587 e. The molecule has 2 rings (SSSR count). The largest absolute Gasteiger partial charge is 0.378 e. The Morgan fingerprint density at radius 1 is 1.14 bits per heavy atom. The van der Waals surface area contributed by atoms with E-state index in [-0.39, 0.29) is 0 Å². The fraction of sp³-hybridized carbons (Fsp3) is 0.667. The zero-order valence-corrected chi connectivity index (χ0v) is 13.6. The van der Waals surface area contributed by atoms with Crippen molar-refractivity contribution in [3.63, 3.8) is 0 Å². The van der Waals surface area contributed by atoms with Crippen LogP contribution in [0.15, 0.2) is 24.3 Å². The van der Waals surface area contributed by atoms with Gasteiger partial charge in [0, 0.05) is 31.9 Å². The molecule has 1 aromatic carbocycles. The van der Waals surface area contributed by atoms with E-state index in [4.69, 9.17) is 4.74 Å². The van der Waals surface area contributed by atoms with Gasteiger partial charge in [-0.25, -0.2) is 0 Å². The van der Waals surface area contributed by atoms with E-state index in [1.807, 2.05) is 0 Å². The first kappa shape index (κ1) is 16.3. The van der Waals surface area contributed by atoms with Crippen molar-refractivity contribution in [2.75, 3.05) is 31.1 Å². The lowest BCUT2D eigenvalue weighted by Gasteiger charge is -2.22. The second-order valence-electron chi connectivity index (χ2n) is 5.79. The van der Waals surface area contributed by atoms with Crippen molar-refractivity contribution in [1.29, 1.82) is 0 Å². The molecule has 0 bridgehead atoms. The van der Waals surface area contributed by atoms with Crippen molar-refractivity contribution in [2.24, 2.45) is 0 Å². The Balaban J connectivity index is 1.68. The van der Waals surface area contributed by atoms with Crippen LogP contribution in [0, 0.1) is 0 Å². The molecular weight excluding hydrogens is 260 g/mol. The third-order valence-electron chi connectivity index (χ3n) is 4.31. The van der Waals surface area contributed by atoms with Crippen molar-refractivity contribution in [2.45, 2.75) is 52.2 Å². The fourth-order valence-electron chi connectivity index (χ4n) is 2.94. The Bertz CT molecular complexity index is 381. The van der Waals surface area contributed by atoms with Crippen LogP contribution in [0.1, 0.15) is 45.1 Å². The summed E-state index contributed by atoms with van der Waals surface area (Å²) in [4.78, 5) is 2.37. The Morgan fingerprint density at radius 2 is 1.90 bits per heavy atom. The van der Waals surface area contributed by atoms with Gasteiger partial charge in [-0.15, -0.1) is 0 Å². The van der Waals surface area contributed by atoms with Crippen LogP contribution in [0.5, 0.6) is 0 Å². The van der Waals surface area contributed by atoms with Gasteiger partial charge in [-0.3, -0.25) is 0 Å². The molecule has 1 atom stereocenters. The highest BCUT2D eigenvalue weighted by molar-refractivity contribution is 5.47. The van der Waals surface area contributed by atoms with Crippen molar-refractivity contribution in [1.82, 2.24) is 5.32 Å². The van der Waals surface area contributed by atoms with Gasteiger partial charge >= 0.3 is 0 Å². The lowest BCUT2D eigenvalue weighted by Crippen LogP contribution is -2.25. The van der Waals surface area contributed by atoms with Gasteiger partial charge in [-0.05, 0) is 63.8 Å². The van der Waals surface area contributed by atoms with E-state index >= 15 is 0 Å². The Hall–Kier alpha value is -1.06. The number of hydrogen-bond acceptors (Lipinski definition) is 3. The maximum atomic E-state index is 5.75. The molecule has 3 nitrogen and oxygen atoms in total. The average molecular weight is 290 g/mol. The highest BCUT2D eigenvalue weighted by Gasteiger charge is 2.12. The normalized spacial score (nSPS) is 18.7. The van der Waals surface area contributed by atoms with Crippen molar-refractivity contribution in [3.05, 3.63) is 29.8 Å². The molecule has 1 heterocycles. The topological polar surface area (TPSA) is 24.5 Å². The van der Waals surface area contributed by atoms with Crippen LogP contribution < -0.4 is 10.2 Å². The Morgan fingerprint density at radius 3 is 2.52 bits per heavy atom. The third-order valence-corrected chi connectivity index (χ3v) is 4.31. The molecule has 21 heavy (non-hydrogen) atoms. The highest BCUT2D eigenvalue weighted by Crippen LogP contribution is 2.16. The second-order valence-corrected chi connectivity index (χ2v) is 5.79. The number of benzene rings is 1. The van der Waals surface area contributed by atoms with Crippen LogP contribution in [0.2, 0.25) is 0 Å². The van der Waals surface area contributed by atoms with Crippen LogP contribution in [0.4, 0.5) is 5.69 Å². The monoisotopic (exact) mass is 290 g/mol. The summed E-state index contributed by atoms with van der Waals surface area (Å²) in [7, 11) is 0. The number of nitrogens with zero attached hydrogens (tertiary/aromatic N) is 1.